The van der Waals surface area contributed by atoms with E-state index in [2.05, 4.69) is 502 Å². The standard InChI is InChI=1S/C114H78N6/c1-10-28-79(29-11-1)85-46-55-94(56-47-85)118-109-64-52-88(82-34-16-4-17-35-82)70-103(109)106-76-97(61-67-112(106)118)115(91-40-22-7-23-41-91)100-73-101(116(92-42-24-8-25-43-92)98-62-68-113-107(77-98)104-71-89(83-36-18-5-19-37-83)53-65-110(104)119(113)95-57-48-86(49-58-95)80-30-12-2-13-31-80)75-102(74-100)117(93-44-26-9-27-45-93)99-63-69-114-108(78-99)105-72-90(84-38-20-6-21-39-84)54-66-111(105)120(114)96-59-50-87(51-60-96)81-32-14-3-15-33-81/h1-78H. The lowest BCUT2D eigenvalue weighted by Crippen LogP contribution is -2.16. The molecule has 22 rings (SSSR count). The molecule has 3 heterocycles. The molecule has 3 aromatic heterocycles. The lowest BCUT2D eigenvalue weighted by atomic mass is 10.0. The molecule has 0 aliphatic rings. The predicted octanol–water partition coefficient (Wildman–Crippen LogP) is 31.4. The van der Waals surface area contributed by atoms with Gasteiger partial charge in [0, 0.05) is 83.5 Å². The normalized spacial score (nSPS) is 11.5. The molecule has 0 unspecified atom stereocenters. The van der Waals surface area contributed by atoms with Gasteiger partial charge in [-0.05, 0) is 249 Å². The maximum Gasteiger partial charge on any atom is 0.0542 e. The maximum atomic E-state index is 2.47. The van der Waals surface area contributed by atoms with Crippen LogP contribution in [0.25, 0.3) is 149 Å². The van der Waals surface area contributed by atoms with Crippen molar-refractivity contribution in [2.75, 3.05) is 14.7 Å². The Morgan fingerprint density at radius 3 is 0.517 bits per heavy atom. The Morgan fingerprint density at radius 1 is 0.117 bits per heavy atom. The van der Waals surface area contributed by atoms with Crippen molar-refractivity contribution >= 4 is 117 Å². The van der Waals surface area contributed by atoms with Gasteiger partial charge in [-0.25, -0.2) is 0 Å². The van der Waals surface area contributed by atoms with Crippen LogP contribution < -0.4 is 14.7 Å². The Balaban J connectivity index is 0.789. The minimum Gasteiger partial charge on any atom is -0.310 e. The zero-order chi connectivity index (χ0) is 79.4. The lowest BCUT2D eigenvalue weighted by molar-refractivity contribution is 1.18. The molecule has 0 N–H and O–H groups in total. The van der Waals surface area contributed by atoms with Gasteiger partial charge in [-0.3, -0.25) is 0 Å². The fraction of sp³-hybridized carbons (Fsp3) is 0. The van der Waals surface area contributed by atoms with E-state index in [9.17, 15) is 0 Å². The third-order valence-corrected chi connectivity index (χ3v) is 23.7. The van der Waals surface area contributed by atoms with E-state index in [0.29, 0.717) is 0 Å². The van der Waals surface area contributed by atoms with Crippen molar-refractivity contribution in [3.63, 3.8) is 0 Å². The molecule has 22 aromatic rings. The summed E-state index contributed by atoms with van der Waals surface area (Å²) in [6.45, 7) is 0. The molecule has 0 atom stereocenters. The topological polar surface area (TPSA) is 24.5 Å². The Bertz CT molecular complexity index is 6770. The van der Waals surface area contributed by atoms with E-state index in [0.717, 1.165) is 167 Å². The Labute approximate surface area is 697 Å². The molecule has 120 heavy (non-hydrogen) atoms. The van der Waals surface area contributed by atoms with E-state index >= 15 is 0 Å². The molecule has 19 aromatic carbocycles. The van der Waals surface area contributed by atoms with Crippen LogP contribution in [0.2, 0.25) is 0 Å². The van der Waals surface area contributed by atoms with Gasteiger partial charge in [-0.2, -0.15) is 0 Å². The first-order valence-electron chi connectivity index (χ1n) is 41.1. The van der Waals surface area contributed by atoms with E-state index in [1.165, 1.54) is 33.4 Å². The highest BCUT2D eigenvalue weighted by atomic mass is 15.2. The number of aromatic nitrogens is 3. The van der Waals surface area contributed by atoms with Crippen LogP contribution >= 0.6 is 0 Å². The summed E-state index contributed by atoms with van der Waals surface area (Å²) in [5.41, 5.74) is 32.8. The zero-order valence-corrected chi connectivity index (χ0v) is 65.7. The van der Waals surface area contributed by atoms with Crippen molar-refractivity contribution in [1.29, 1.82) is 0 Å². The molecule has 0 fully saturated rings. The van der Waals surface area contributed by atoms with Crippen molar-refractivity contribution in [3.05, 3.63) is 473 Å². The van der Waals surface area contributed by atoms with E-state index in [1.54, 1.807) is 0 Å². The van der Waals surface area contributed by atoms with E-state index in [-0.39, 0.29) is 0 Å². The van der Waals surface area contributed by atoms with Gasteiger partial charge in [-0.1, -0.05) is 291 Å². The van der Waals surface area contributed by atoms with Gasteiger partial charge < -0.3 is 28.4 Å². The van der Waals surface area contributed by atoms with Gasteiger partial charge in [0.15, 0.2) is 0 Å². The third-order valence-electron chi connectivity index (χ3n) is 23.7. The molecule has 0 spiro atoms. The first-order valence-corrected chi connectivity index (χ1v) is 41.1. The van der Waals surface area contributed by atoms with Gasteiger partial charge in [-0.15, -0.1) is 0 Å². The zero-order valence-electron chi connectivity index (χ0n) is 65.7. The summed E-state index contributed by atoms with van der Waals surface area (Å²) >= 11 is 0. The SMILES string of the molecule is c1ccc(-c2ccc(-n3c4ccc(-c5ccccc5)cc4c4cc(N(c5ccccc5)c5cc(N(c6ccccc6)c6ccc7c(c6)c6cc(-c8ccccc8)ccc6n7-c6ccc(-c7ccccc7)cc6)cc(N(c6ccccc6)c6ccc7c(c6)c6cc(-c8ccccc8)ccc6n7-c6ccc(-c7ccccc7)cc6)c5)ccc43)cc2)cc1. The van der Waals surface area contributed by atoms with Crippen LogP contribution in [0.5, 0.6) is 0 Å². The summed E-state index contributed by atoms with van der Waals surface area (Å²) in [5.74, 6) is 0. The van der Waals surface area contributed by atoms with Crippen LogP contribution in [-0.2, 0) is 0 Å². The molecule has 6 nitrogen and oxygen atoms in total. The first-order chi connectivity index (χ1) is 59.5. The van der Waals surface area contributed by atoms with E-state index in [1.807, 2.05) is 0 Å². The lowest BCUT2D eigenvalue weighted by Gasteiger charge is -2.33. The fourth-order valence-electron chi connectivity index (χ4n) is 18.1. The molecule has 0 radical (unpaired) electrons. The van der Waals surface area contributed by atoms with Gasteiger partial charge in [0.2, 0.25) is 0 Å². The maximum absolute atomic E-state index is 2.47. The van der Waals surface area contributed by atoms with Crippen molar-refractivity contribution in [1.82, 2.24) is 13.7 Å². The van der Waals surface area contributed by atoms with Gasteiger partial charge in [0.05, 0.1) is 50.2 Å². The molecular weight excluding hydrogens is 1450 g/mol. The molecule has 0 aliphatic carbocycles. The molecular formula is C114H78N6. The number of fused-ring (bicyclic) bond motifs is 9. The highest BCUT2D eigenvalue weighted by molar-refractivity contribution is 6.15. The summed E-state index contributed by atoms with van der Waals surface area (Å²) in [5, 5.41) is 6.86. The summed E-state index contributed by atoms with van der Waals surface area (Å²) in [7, 11) is 0. The van der Waals surface area contributed by atoms with Crippen molar-refractivity contribution in [2.24, 2.45) is 0 Å². The Hall–Kier alpha value is -16.0. The molecule has 564 valence electrons. The summed E-state index contributed by atoms with van der Waals surface area (Å²) < 4.78 is 7.32. The average molecular weight is 1530 g/mol. The quantitative estimate of drug-likeness (QED) is 0.0856. The average Bonchev–Trinajstić information content (AvgIpc) is 1.57. The second-order valence-corrected chi connectivity index (χ2v) is 30.9. The summed E-state index contributed by atoms with van der Waals surface area (Å²) in [6.07, 6.45) is 0. The van der Waals surface area contributed by atoms with Crippen LogP contribution in [0, 0.1) is 0 Å². The number of rotatable bonds is 18. The molecule has 0 bridgehead atoms. The Kier molecular flexibility index (Phi) is 17.8. The van der Waals surface area contributed by atoms with E-state index < -0.39 is 0 Å². The number of nitrogens with zero attached hydrogens (tertiary/aromatic N) is 6. The number of hydrogen-bond donors (Lipinski definition) is 0. The van der Waals surface area contributed by atoms with Gasteiger partial charge in [0.1, 0.15) is 0 Å². The number of para-hydroxylation sites is 3. The molecule has 0 saturated heterocycles. The highest BCUT2D eigenvalue weighted by Gasteiger charge is 2.27. The molecule has 0 saturated carbocycles. The Morgan fingerprint density at radius 2 is 0.292 bits per heavy atom. The van der Waals surface area contributed by atoms with Crippen LogP contribution in [0.1, 0.15) is 0 Å². The largest absolute Gasteiger partial charge is 0.310 e. The van der Waals surface area contributed by atoms with Crippen LogP contribution in [-0.4, -0.2) is 13.7 Å². The van der Waals surface area contributed by atoms with Crippen molar-refractivity contribution in [3.8, 4) is 83.8 Å². The minimum atomic E-state index is 0.952. The van der Waals surface area contributed by atoms with Crippen molar-refractivity contribution < 1.29 is 0 Å². The molecule has 0 aliphatic heterocycles. The fourth-order valence-corrected chi connectivity index (χ4v) is 18.1. The summed E-state index contributed by atoms with van der Waals surface area (Å²) in [4.78, 5) is 7.40. The number of hydrogen-bond acceptors (Lipinski definition) is 3. The second-order valence-electron chi connectivity index (χ2n) is 30.9. The third kappa shape index (κ3) is 12.9. The minimum absolute atomic E-state index is 0.952. The number of anilines is 9. The van der Waals surface area contributed by atoms with Gasteiger partial charge >= 0.3 is 0 Å². The van der Waals surface area contributed by atoms with E-state index in [4.69, 9.17) is 0 Å². The van der Waals surface area contributed by atoms with Crippen LogP contribution in [0.3, 0.4) is 0 Å². The van der Waals surface area contributed by atoms with Crippen LogP contribution in [0.15, 0.2) is 473 Å². The van der Waals surface area contributed by atoms with Crippen molar-refractivity contribution in [2.45, 2.75) is 0 Å². The molecule has 6 heteroatoms. The van der Waals surface area contributed by atoms with Crippen LogP contribution in [0.4, 0.5) is 51.2 Å². The first kappa shape index (κ1) is 70.6. The summed E-state index contributed by atoms with van der Waals surface area (Å²) in [6, 6.07) is 174. The monoisotopic (exact) mass is 1530 g/mol. The number of benzene rings is 19. The second kappa shape index (κ2) is 30.3. The van der Waals surface area contributed by atoms with Gasteiger partial charge in [0.25, 0.3) is 0 Å². The smallest absolute Gasteiger partial charge is 0.0542 e. The molecule has 0 amide bonds. The highest BCUT2D eigenvalue weighted by Crippen LogP contribution is 2.50. The predicted molar refractivity (Wildman–Crippen MR) is 506 cm³/mol.